The standard InChI is InChI=1S/C19H29N5O/c1-6-17-16(18(7-2)24(4)23-17)13-22-19(20-3)21-12-14-8-10-15(25-5)11-9-14/h8-11H,6-7,12-13H2,1-5H3,(H2,20,21,22). The number of aliphatic imine (C=N–C) groups is 1. The number of aryl methyl sites for hydroxylation is 2. The second-order valence-electron chi connectivity index (χ2n) is 5.83. The van der Waals surface area contributed by atoms with Gasteiger partial charge in [-0.1, -0.05) is 26.0 Å². The van der Waals surface area contributed by atoms with Crippen molar-refractivity contribution in [3.8, 4) is 5.75 Å². The smallest absolute Gasteiger partial charge is 0.191 e. The Morgan fingerprint density at radius 3 is 2.36 bits per heavy atom. The summed E-state index contributed by atoms with van der Waals surface area (Å²) in [6, 6.07) is 8.02. The summed E-state index contributed by atoms with van der Waals surface area (Å²) < 4.78 is 7.17. The molecule has 0 unspecified atom stereocenters. The first-order valence-electron chi connectivity index (χ1n) is 8.73. The first kappa shape index (κ1) is 18.8. The van der Waals surface area contributed by atoms with Crippen LogP contribution in [0.2, 0.25) is 0 Å². The van der Waals surface area contributed by atoms with Gasteiger partial charge in [0.2, 0.25) is 0 Å². The second kappa shape index (κ2) is 9.11. The molecular formula is C19H29N5O. The second-order valence-corrected chi connectivity index (χ2v) is 5.83. The molecule has 0 saturated heterocycles. The molecule has 2 rings (SSSR count). The van der Waals surface area contributed by atoms with E-state index >= 15 is 0 Å². The molecule has 6 heteroatoms. The molecule has 0 aliphatic heterocycles. The lowest BCUT2D eigenvalue weighted by molar-refractivity contribution is 0.414. The molecule has 136 valence electrons. The third-order valence-electron chi connectivity index (χ3n) is 4.30. The fourth-order valence-corrected chi connectivity index (χ4v) is 2.92. The molecule has 1 aromatic heterocycles. The summed E-state index contributed by atoms with van der Waals surface area (Å²) in [4.78, 5) is 4.31. The van der Waals surface area contributed by atoms with Gasteiger partial charge in [-0.05, 0) is 30.5 Å². The van der Waals surface area contributed by atoms with Gasteiger partial charge in [-0.15, -0.1) is 0 Å². The van der Waals surface area contributed by atoms with Crippen molar-refractivity contribution in [2.24, 2.45) is 12.0 Å². The number of hydrogen-bond donors (Lipinski definition) is 2. The SMILES string of the molecule is CCc1nn(C)c(CC)c1CNC(=NC)NCc1ccc(OC)cc1. The number of rotatable bonds is 7. The van der Waals surface area contributed by atoms with E-state index in [-0.39, 0.29) is 0 Å². The molecule has 6 nitrogen and oxygen atoms in total. The summed E-state index contributed by atoms with van der Waals surface area (Å²) in [5.74, 6) is 1.64. The van der Waals surface area contributed by atoms with E-state index in [9.17, 15) is 0 Å². The Morgan fingerprint density at radius 1 is 1.12 bits per heavy atom. The van der Waals surface area contributed by atoms with Crippen molar-refractivity contribution in [2.75, 3.05) is 14.2 Å². The van der Waals surface area contributed by atoms with Crippen molar-refractivity contribution < 1.29 is 4.74 Å². The predicted octanol–water partition coefficient (Wildman–Crippen LogP) is 2.42. The number of hydrogen-bond acceptors (Lipinski definition) is 3. The molecule has 25 heavy (non-hydrogen) atoms. The summed E-state index contributed by atoms with van der Waals surface area (Å²) in [5, 5.41) is 11.4. The summed E-state index contributed by atoms with van der Waals surface area (Å²) in [6.07, 6.45) is 1.90. The molecule has 0 saturated carbocycles. The van der Waals surface area contributed by atoms with Gasteiger partial charge in [-0.3, -0.25) is 9.67 Å². The highest BCUT2D eigenvalue weighted by molar-refractivity contribution is 5.79. The zero-order valence-electron chi connectivity index (χ0n) is 15.9. The molecule has 0 radical (unpaired) electrons. The van der Waals surface area contributed by atoms with Crippen LogP contribution in [0.3, 0.4) is 0 Å². The van der Waals surface area contributed by atoms with Gasteiger partial charge < -0.3 is 15.4 Å². The van der Waals surface area contributed by atoms with Crippen molar-refractivity contribution in [3.05, 3.63) is 46.8 Å². The number of nitrogens with zero attached hydrogens (tertiary/aromatic N) is 3. The van der Waals surface area contributed by atoms with Crippen molar-refractivity contribution in [3.63, 3.8) is 0 Å². The lowest BCUT2D eigenvalue weighted by Gasteiger charge is -2.13. The molecule has 0 spiro atoms. The molecule has 0 atom stereocenters. The van der Waals surface area contributed by atoms with E-state index < -0.39 is 0 Å². The normalized spacial score (nSPS) is 11.5. The minimum atomic E-state index is 0.706. The molecule has 0 aliphatic rings. The lowest BCUT2D eigenvalue weighted by Crippen LogP contribution is -2.36. The van der Waals surface area contributed by atoms with Crippen molar-refractivity contribution >= 4 is 5.96 Å². The Balaban J connectivity index is 1.96. The number of guanidine groups is 1. The summed E-state index contributed by atoms with van der Waals surface area (Å²) >= 11 is 0. The maximum absolute atomic E-state index is 5.18. The van der Waals surface area contributed by atoms with Gasteiger partial charge in [0.25, 0.3) is 0 Å². The molecule has 0 fully saturated rings. The maximum atomic E-state index is 5.18. The number of methoxy groups -OCH3 is 1. The molecule has 1 heterocycles. The highest BCUT2D eigenvalue weighted by Crippen LogP contribution is 2.15. The Bertz CT molecular complexity index is 703. The van der Waals surface area contributed by atoms with Gasteiger partial charge in [-0.25, -0.2) is 0 Å². The van der Waals surface area contributed by atoms with Crippen LogP contribution in [0, 0.1) is 0 Å². The van der Waals surface area contributed by atoms with E-state index in [1.807, 2.05) is 36.0 Å². The Labute approximate surface area is 150 Å². The van der Waals surface area contributed by atoms with Crippen LogP contribution < -0.4 is 15.4 Å². The van der Waals surface area contributed by atoms with E-state index in [1.54, 1.807) is 14.2 Å². The molecule has 0 amide bonds. The van der Waals surface area contributed by atoms with Gasteiger partial charge in [0.15, 0.2) is 5.96 Å². The highest BCUT2D eigenvalue weighted by Gasteiger charge is 2.13. The van der Waals surface area contributed by atoms with Crippen LogP contribution >= 0.6 is 0 Å². The predicted molar refractivity (Wildman–Crippen MR) is 102 cm³/mol. The van der Waals surface area contributed by atoms with Crippen LogP contribution in [0.5, 0.6) is 5.75 Å². The maximum Gasteiger partial charge on any atom is 0.191 e. The molecule has 1 aromatic carbocycles. The van der Waals surface area contributed by atoms with E-state index in [0.29, 0.717) is 6.54 Å². The first-order valence-corrected chi connectivity index (χ1v) is 8.73. The van der Waals surface area contributed by atoms with Gasteiger partial charge >= 0.3 is 0 Å². The van der Waals surface area contributed by atoms with E-state index in [2.05, 4.69) is 34.6 Å². The lowest BCUT2D eigenvalue weighted by atomic mass is 10.1. The van der Waals surface area contributed by atoms with Gasteiger partial charge in [-0.2, -0.15) is 5.10 Å². The van der Waals surface area contributed by atoms with Crippen LogP contribution in [0.25, 0.3) is 0 Å². The minimum Gasteiger partial charge on any atom is -0.497 e. The summed E-state index contributed by atoms with van der Waals surface area (Å²) in [5.41, 5.74) is 4.88. The van der Waals surface area contributed by atoms with Crippen LogP contribution in [0.4, 0.5) is 0 Å². The van der Waals surface area contributed by atoms with E-state index in [1.165, 1.54) is 16.8 Å². The molecule has 0 bridgehead atoms. The fraction of sp³-hybridized carbons (Fsp3) is 0.474. The Morgan fingerprint density at radius 2 is 1.80 bits per heavy atom. The number of aromatic nitrogens is 2. The van der Waals surface area contributed by atoms with Gasteiger partial charge in [0, 0.05) is 38.4 Å². The average Bonchev–Trinajstić information content (AvgIpc) is 2.96. The van der Waals surface area contributed by atoms with Crippen molar-refractivity contribution in [2.45, 2.75) is 39.8 Å². The fourth-order valence-electron chi connectivity index (χ4n) is 2.92. The average molecular weight is 343 g/mol. The molecule has 2 N–H and O–H groups in total. The zero-order chi connectivity index (χ0) is 18.2. The van der Waals surface area contributed by atoms with Crippen LogP contribution in [-0.4, -0.2) is 29.9 Å². The summed E-state index contributed by atoms with van der Waals surface area (Å²) in [7, 11) is 5.47. The topological polar surface area (TPSA) is 63.5 Å². The largest absolute Gasteiger partial charge is 0.497 e. The van der Waals surface area contributed by atoms with E-state index in [4.69, 9.17) is 4.74 Å². The van der Waals surface area contributed by atoms with Crippen LogP contribution in [0.15, 0.2) is 29.3 Å². The van der Waals surface area contributed by atoms with Crippen LogP contribution in [-0.2, 0) is 33.0 Å². The monoisotopic (exact) mass is 343 g/mol. The number of benzene rings is 1. The Hall–Kier alpha value is -2.50. The van der Waals surface area contributed by atoms with E-state index in [0.717, 1.165) is 36.8 Å². The van der Waals surface area contributed by atoms with Crippen LogP contribution in [0.1, 0.15) is 36.4 Å². The highest BCUT2D eigenvalue weighted by atomic mass is 16.5. The third-order valence-corrected chi connectivity index (χ3v) is 4.30. The number of ether oxygens (including phenoxy) is 1. The third kappa shape index (κ3) is 4.75. The minimum absolute atomic E-state index is 0.706. The summed E-state index contributed by atoms with van der Waals surface area (Å²) in [6.45, 7) is 5.74. The first-order chi connectivity index (χ1) is 12.1. The quantitative estimate of drug-likeness (QED) is 0.599. The van der Waals surface area contributed by atoms with Gasteiger partial charge in [0.05, 0.1) is 12.8 Å². The zero-order valence-corrected chi connectivity index (χ0v) is 15.9. The molecule has 2 aromatic rings. The van der Waals surface area contributed by atoms with Gasteiger partial charge in [0.1, 0.15) is 5.75 Å². The number of nitrogens with one attached hydrogen (secondary N) is 2. The van der Waals surface area contributed by atoms with Crippen molar-refractivity contribution in [1.82, 2.24) is 20.4 Å². The Kier molecular flexibility index (Phi) is 6.86. The molecular weight excluding hydrogens is 314 g/mol. The van der Waals surface area contributed by atoms with Crippen molar-refractivity contribution in [1.29, 1.82) is 0 Å². The molecule has 0 aliphatic carbocycles.